The molecule has 0 radical (unpaired) electrons. The second-order valence-electron chi connectivity index (χ2n) is 3.78. The lowest BCUT2D eigenvalue weighted by atomic mass is 10.1. The summed E-state index contributed by atoms with van der Waals surface area (Å²) in [5.74, 6) is 0. The zero-order chi connectivity index (χ0) is 11.0. The van der Waals surface area contributed by atoms with Gasteiger partial charge in [-0.05, 0) is 54.3 Å². The first-order valence-electron chi connectivity index (χ1n) is 4.83. The van der Waals surface area contributed by atoms with Crippen LogP contribution in [0.15, 0.2) is 16.8 Å². The number of hydrogen-bond donors (Lipinski definition) is 0. The molecule has 15 heavy (non-hydrogen) atoms. The van der Waals surface area contributed by atoms with Crippen LogP contribution in [0.1, 0.15) is 31.3 Å². The summed E-state index contributed by atoms with van der Waals surface area (Å²) >= 11 is 7.47. The molecule has 2 heterocycles. The highest BCUT2D eigenvalue weighted by Gasteiger charge is 2.17. The molecule has 80 valence electrons. The van der Waals surface area contributed by atoms with E-state index < -0.39 is 0 Å². The summed E-state index contributed by atoms with van der Waals surface area (Å²) in [7, 11) is 0. The van der Waals surface area contributed by atoms with Crippen molar-refractivity contribution in [2.75, 3.05) is 0 Å². The first kappa shape index (κ1) is 11.4. The van der Waals surface area contributed by atoms with Crippen molar-refractivity contribution in [2.45, 2.75) is 25.6 Å². The SMILES string of the molecule is Cc1cc(C)c(C(Br)c2cscc2C)s1. The van der Waals surface area contributed by atoms with E-state index in [4.69, 9.17) is 0 Å². The van der Waals surface area contributed by atoms with Crippen LogP contribution >= 0.6 is 38.6 Å². The molecule has 0 spiro atoms. The highest BCUT2D eigenvalue weighted by molar-refractivity contribution is 9.09. The fraction of sp³-hybridized carbons (Fsp3) is 0.333. The van der Waals surface area contributed by atoms with Gasteiger partial charge in [-0.1, -0.05) is 15.9 Å². The molecule has 0 bridgehead atoms. The number of aryl methyl sites for hydroxylation is 3. The number of alkyl halides is 1. The molecule has 0 saturated carbocycles. The van der Waals surface area contributed by atoms with Crippen molar-refractivity contribution in [2.24, 2.45) is 0 Å². The van der Waals surface area contributed by atoms with Crippen LogP contribution in [0, 0.1) is 20.8 Å². The van der Waals surface area contributed by atoms with E-state index in [0.717, 1.165) is 0 Å². The van der Waals surface area contributed by atoms with E-state index in [9.17, 15) is 0 Å². The topological polar surface area (TPSA) is 0 Å². The van der Waals surface area contributed by atoms with E-state index >= 15 is 0 Å². The van der Waals surface area contributed by atoms with E-state index in [0.29, 0.717) is 4.83 Å². The molecule has 0 N–H and O–H groups in total. The van der Waals surface area contributed by atoms with Crippen molar-refractivity contribution in [3.05, 3.63) is 43.3 Å². The summed E-state index contributed by atoms with van der Waals surface area (Å²) < 4.78 is 0. The Balaban J connectivity index is 2.40. The summed E-state index contributed by atoms with van der Waals surface area (Å²) in [4.78, 5) is 3.19. The fourth-order valence-corrected chi connectivity index (χ4v) is 4.90. The van der Waals surface area contributed by atoms with Crippen molar-refractivity contribution >= 4 is 38.6 Å². The second kappa shape index (κ2) is 4.40. The maximum absolute atomic E-state index is 3.81. The second-order valence-corrected chi connectivity index (χ2v) is 6.72. The lowest BCUT2D eigenvalue weighted by Gasteiger charge is -2.08. The third-order valence-corrected chi connectivity index (χ3v) is 5.83. The highest BCUT2D eigenvalue weighted by Crippen LogP contribution is 2.39. The standard InChI is InChI=1S/C12H13BrS2/c1-7-4-9(3)15-12(7)11(13)10-6-14-5-8(10)2/h4-6,11H,1-3H3. The van der Waals surface area contributed by atoms with E-state index in [-0.39, 0.29) is 0 Å². The van der Waals surface area contributed by atoms with Crippen LogP contribution in [0.5, 0.6) is 0 Å². The van der Waals surface area contributed by atoms with Crippen LogP contribution in [-0.4, -0.2) is 0 Å². The molecule has 2 rings (SSSR count). The molecule has 0 amide bonds. The molecule has 0 aromatic carbocycles. The quantitative estimate of drug-likeness (QED) is 0.667. The fourth-order valence-electron chi connectivity index (χ4n) is 1.68. The third kappa shape index (κ3) is 2.19. The smallest absolute Gasteiger partial charge is 0.0751 e. The molecule has 3 heteroatoms. The van der Waals surface area contributed by atoms with Gasteiger partial charge in [-0.3, -0.25) is 0 Å². The Morgan fingerprint density at radius 1 is 1.13 bits per heavy atom. The van der Waals surface area contributed by atoms with Gasteiger partial charge in [0.15, 0.2) is 0 Å². The Kier molecular flexibility index (Phi) is 3.33. The van der Waals surface area contributed by atoms with Crippen LogP contribution in [-0.2, 0) is 0 Å². The number of halogens is 1. The average molecular weight is 301 g/mol. The molecule has 0 nitrogen and oxygen atoms in total. The van der Waals surface area contributed by atoms with Gasteiger partial charge in [-0.2, -0.15) is 11.3 Å². The van der Waals surface area contributed by atoms with Crippen LogP contribution in [0.25, 0.3) is 0 Å². The molecule has 1 unspecified atom stereocenters. The van der Waals surface area contributed by atoms with Gasteiger partial charge in [0.1, 0.15) is 0 Å². The summed E-state index contributed by atoms with van der Waals surface area (Å²) in [5, 5.41) is 4.45. The minimum absolute atomic E-state index is 0.363. The predicted molar refractivity (Wildman–Crippen MR) is 73.6 cm³/mol. The zero-order valence-corrected chi connectivity index (χ0v) is 12.2. The van der Waals surface area contributed by atoms with Crippen molar-refractivity contribution in [1.29, 1.82) is 0 Å². The third-order valence-electron chi connectivity index (χ3n) is 2.48. The monoisotopic (exact) mass is 300 g/mol. The Hall–Kier alpha value is -0.120. The van der Waals surface area contributed by atoms with Gasteiger partial charge in [-0.25, -0.2) is 0 Å². The average Bonchev–Trinajstić information content (AvgIpc) is 2.71. The number of thiophene rings is 2. The molecule has 0 fully saturated rings. The van der Waals surface area contributed by atoms with Crippen molar-refractivity contribution < 1.29 is 0 Å². The Morgan fingerprint density at radius 3 is 2.33 bits per heavy atom. The molecule has 0 aliphatic heterocycles. The highest BCUT2D eigenvalue weighted by atomic mass is 79.9. The minimum Gasteiger partial charge on any atom is -0.152 e. The van der Waals surface area contributed by atoms with Crippen molar-refractivity contribution in [3.8, 4) is 0 Å². The Morgan fingerprint density at radius 2 is 1.87 bits per heavy atom. The Labute approximate surface area is 107 Å². The number of rotatable bonds is 2. The Bertz CT molecular complexity index is 468. The molecule has 0 saturated heterocycles. The first-order chi connectivity index (χ1) is 7.09. The van der Waals surface area contributed by atoms with Crippen molar-refractivity contribution in [3.63, 3.8) is 0 Å². The summed E-state index contributed by atoms with van der Waals surface area (Å²) in [6.45, 7) is 6.53. The minimum atomic E-state index is 0.363. The van der Waals surface area contributed by atoms with Crippen molar-refractivity contribution in [1.82, 2.24) is 0 Å². The molecular formula is C12H13BrS2. The van der Waals surface area contributed by atoms with Gasteiger partial charge in [0, 0.05) is 9.75 Å². The summed E-state index contributed by atoms with van der Waals surface area (Å²) in [6, 6.07) is 2.26. The van der Waals surface area contributed by atoms with E-state index in [2.05, 4.69) is 53.5 Å². The molecular weight excluding hydrogens is 288 g/mol. The lowest BCUT2D eigenvalue weighted by molar-refractivity contribution is 1.18. The molecule has 1 atom stereocenters. The first-order valence-corrected chi connectivity index (χ1v) is 7.50. The summed E-state index contributed by atoms with van der Waals surface area (Å²) in [5.41, 5.74) is 4.18. The van der Waals surface area contributed by atoms with Crippen LogP contribution in [0.3, 0.4) is 0 Å². The predicted octanol–water partition coefficient (Wildman–Crippen LogP) is 5.22. The molecule has 2 aromatic rings. The number of hydrogen-bond acceptors (Lipinski definition) is 2. The zero-order valence-electron chi connectivity index (χ0n) is 9.00. The molecule has 2 aromatic heterocycles. The van der Waals surface area contributed by atoms with E-state index in [1.807, 2.05) is 11.3 Å². The maximum Gasteiger partial charge on any atom is 0.0751 e. The van der Waals surface area contributed by atoms with Gasteiger partial charge in [0.2, 0.25) is 0 Å². The van der Waals surface area contributed by atoms with Gasteiger partial charge in [-0.15, -0.1) is 11.3 Å². The van der Waals surface area contributed by atoms with E-state index in [1.54, 1.807) is 11.3 Å². The largest absolute Gasteiger partial charge is 0.152 e. The molecule has 0 aliphatic rings. The normalized spacial score (nSPS) is 13.1. The van der Waals surface area contributed by atoms with Gasteiger partial charge in [0.25, 0.3) is 0 Å². The van der Waals surface area contributed by atoms with Gasteiger partial charge < -0.3 is 0 Å². The van der Waals surface area contributed by atoms with Gasteiger partial charge >= 0.3 is 0 Å². The van der Waals surface area contributed by atoms with E-state index in [1.165, 1.54) is 26.4 Å². The molecule has 0 aliphatic carbocycles. The van der Waals surface area contributed by atoms with Crippen LogP contribution < -0.4 is 0 Å². The maximum atomic E-state index is 3.81. The van der Waals surface area contributed by atoms with Crippen LogP contribution in [0.4, 0.5) is 0 Å². The van der Waals surface area contributed by atoms with Crippen LogP contribution in [0.2, 0.25) is 0 Å². The van der Waals surface area contributed by atoms with Gasteiger partial charge in [0.05, 0.1) is 4.83 Å². The lowest BCUT2D eigenvalue weighted by Crippen LogP contribution is -1.91. The summed E-state index contributed by atoms with van der Waals surface area (Å²) in [6.07, 6.45) is 0.